The lowest BCUT2D eigenvalue weighted by Crippen LogP contribution is -2.09. The van der Waals surface area contributed by atoms with Gasteiger partial charge in [0.15, 0.2) is 5.03 Å². The highest BCUT2D eigenvalue weighted by Crippen LogP contribution is 2.16. The van der Waals surface area contributed by atoms with Crippen LogP contribution in [0.25, 0.3) is 0 Å². The molecule has 1 heterocycles. The summed E-state index contributed by atoms with van der Waals surface area (Å²) in [5, 5.41) is 9.65. The van der Waals surface area contributed by atoms with Crippen LogP contribution in [0.1, 0.15) is 5.56 Å². The van der Waals surface area contributed by atoms with E-state index in [-0.39, 0.29) is 5.15 Å². The molecule has 1 N–H and O–H groups in total. The van der Waals surface area contributed by atoms with Gasteiger partial charge in [-0.05, 0) is 12.5 Å². The van der Waals surface area contributed by atoms with Crippen molar-refractivity contribution in [3.8, 4) is 0 Å². The largest absolute Gasteiger partial charge is 0.244 e. The molecular formula is C6H6ClN3O2. The second kappa shape index (κ2) is 3.36. The van der Waals surface area contributed by atoms with Crippen molar-refractivity contribution in [1.82, 2.24) is 4.98 Å². The minimum Gasteiger partial charge on any atom is -0.244 e. The summed E-state index contributed by atoms with van der Waals surface area (Å²) in [5.41, 5.74) is 3.05. The van der Waals surface area contributed by atoms with E-state index in [1.165, 1.54) is 12.3 Å². The van der Waals surface area contributed by atoms with Crippen LogP contribution in [0.5, 0.6) is 0 Å². The van der Waals surface area contributed by atoms with Gasteiger partial charge in [-0.1, -0.05) is 11.6 Å². The van der Waals surface area contributed by atoms with E-state index >= 15 is 0 Å². The lowest BCUT2D eigenvalue weighted by Gasteiger charge is -2.00. The minimum atomic E-state index is -0.640. The predicted octanol–water partition coefficient (Wildman–Crippen LogP) is 1.65. The number of halogens is 1. The highest BCUT2D eigenvalue weighted by Gasteiger charge is 2.04. The summed E-state index contributed by atoms with van der Waals surface area (Å²) in [4.78, 5) is 13.8. The van der Waals surface area contributed by atoms with Gasteiger partial charge in [-0.3, -0.25) is 0 Å². The Morgan fingerprint density at radius 1 is 1.75 bits per heavy atom. The molecule has 1 aromatic rings. The average Bonchev–Trinajstić information content (AvgIpc) is 1.96. The first kappa shape index (κ1) is 8.73. The van der Waals surface area contributed by atoms with Crippen molar-refractivity contribution in [2.24, 2.45) is 0 Å². The Bertz CT molecular complexity index is 316. The van der Waals surface area contributed by atoms with Gasteiger partial charge in [-0.15, -0.1) is 5.43 Å². The molecule has 12 heavy (non-hydrogen) atoms. The number of nitrogens with one attached hydrogen (secondary N) is 1. The Kier molecular flexibility index (Phi) is 2.44. The fourth-order valence-electron chi connectivity index (χ4n) is 0.717. The smallest absolute Gasteiger partial charge is 0.162 e. The third-order valence-electron chi connectivity index (χ3n) is 1.28. The quantitative estimate of drug-likeness (QED) is 0.434. The van der Waals surface area contributed by atoms with E-state index < -0.39 is 5.03 Å². The molecule has 0 unspecified atom stereocenters. The van der Waals surface area contributed by atoms with Gasteiger partial charge in [0, 0.05) is 12.3 Å². The number of hydrazine groups is 1. The van der Waals surface area contributed by atoms with E-state index in [1.807, 2.05) is 5.43 Å². The third kappa shape index (κ3) is 2.06. The maximum Gasteiger partial charge on any atom is 0.162 e. The van der Waals surface area contributed by atoms with Gasteiger partial charge in [-0.25, -0.2) is 15.1 Å². The molecule has 0 atom stereocenters. The van der Waals surface area contributed by atoms with E-state index in [1.54, 1.807) is 6.92 Å². The topological polar surface area (TPSA) is 68.1 Å². The summed E-state index contributed by atoms with van der Waals surface area (Å²) in [7, 11) is 0. The van der Waals surface area contributed by atoms with Crippen LogP contribution in [0.4, 0.5) is 5.69 Å². The summed E-state index contributed by atoms with van der Waals surface area (Å²) in [6.45, 7) is 1.70. The summed E-state index contributed by atoms with van der Waals surface area (Å²) < 4.78 is 0. The summed E-state index contributed by atoms with van der Waals surface area (Å²) >= 11 is 5.53. The molecule has 0 saturated heterocycles. The third-order valence-corrected chi connectivity index (χ3v) is 1.49. The van der Waals surface area contributed by atoms with Gasteiger partial charge < -0.3 is 0 Å². The van der Waals surface area contributed by atoms with Crippen LogP contribution in [0.2, 0.25) is 5.15 Å². The Hall–Kier alpha value is -1.36. The van der Waals surface area contributed by atoms with Crippen LogP contribution in [0, 0.1) is 17.0 Å². The predicted molar refractivity (Wildman–Crippen MR) is 44.6 cm³/mol. The zero-order valence-corrected chi connectivity index (χ0v) is 7.00. The number of hydrogen-bond acceptors (Lipinski definition) is 3. The van der Waals surface area contributed by atoms with Gasteiger partial charge >= 0.3 is 0 Å². The number of nitrogens with zero attached hydrogens (tertiary/aromatic N) is 2. The van der Waals surface area contributed by atoms with E-state index in [9.17, 15) is 10.1 Å². The molecule has 1 aromatic heterocycles. The number of aromatic nitrogens is 1. The number of rotatable bonds is 2. The van der Waals surface area contributed by atoms with Crippen LogP contribution in [0.15, 0.2) is 12.3 Å². The maximum atomic E-state index is 10.1. The van der Waals surface area contributed by atoms with Crippen molar-refractivity contribution < 1.29 is 5.03 Å². The van der Waals surface area contributed by atoms with Crippen LogP contribution in [-0.2, 0) is 0 Å². The second-order valence-corrected chi connectivity index (χ2v) is 2.58. The van der Waals surface area contributed by atoms with E-state index in [0.29, 0.717) is 11.3 Å². The van der Waals surface area contributed by atoms with Crippen LogP contribution < -0.4 is 5.43 Å². The van der Waals surface area contributed by atoms with Crippen molar-refractivity contribution in [3.63, 3.8) is 0 Å². The molecule has 1 rings (SSSR count). The summed E-state index contributed by atoms with van der Waals surface area (Å²) in [5.74, 6) is 0. The Morgan fingerprint density at radius 3 is 3.00 bits per heavy atom. The SMILES string of the molecule is Cc1cnc(Cl)cc1N[N+](=O)[O-]. The van der Waals surface area contributed by atoms with Crippen LogP contribution in [-0.4, -0.2) is 10.0 Å². The number of pyridine rings is 1. The molecule has 0 aliphatic carbocycles. The molecule has 0 aromatic carbocycles. The summed E-state index contributed by atoms with van der Waals surface area (Å²) in [6.07, 6.45) is 1.47. The van der Waals surface area contributed by atoms with Gasteiger partial charge in [0.1, 0.15) is 10.8 Å². The van der Waals surface area contributed by atoms with Gasteiger partial charge in [0.25, 0.3) is 0 Å². The summed E-state index contributed by atoms with van der Waals surface area (Å²) in [6, 6.07) is 1.40. The van der Waals surface area contributed by atoms with E-state index in [2.05, 4.69) is 4.98 Å². The second-order valence-electron chi connectivity index (χ2n) is 2.19. The number of hydrogen-bond donors (Lipinski definition) is 1. The molecule has 0 fully saturated rings. The fourth-order valence-corrected chi connectivity index (χ4v) is 0.875. The van der Waals surface area contributed by atoms with Crippen LogP contribution in [0.3, 0.4) is 0 Å². The molecule has 0 aliphatic rings. The Labute approximate surface area is 73.5 Å². The van der Waals surface area contributed by atoms with E-state index in [0.717, 1.165) is 0 Å². The van der Waals surface area contributed by atoms with Crippen molar-refractivity contribution in [1.29, 1.82) is 0 Å². The standard InChI is InChI=1S/C6H6ClN3O2/c1-4-3-8-6(7)2-5(4)9-10(11)12/h2-3H,1H3,(H,8,9). The molecule has 5 nitrogen and oxygen atoms in total. The molecule has 0 aliphatic heterocycles. The number of nitro groups is 1. The normalized spacial score (nSPS) is 9.50. The van der Waals surface area contributed by atoms with Crippen molar-refractivity contribution >= 4 is 17.3 Å². The highest BCUT2D eigenvalue weighted by atomic mass is 35.5. The number of aryl methyl sites for hydroxylation is 1. The van der Waals surface area contributed by atoms with Crippen molar-refractivity contribution in [2.45, 2.75) is 6.92 Å². The molecular weight excluding hydrogens is 182 g/mol. The minimum absolute atomic E-state index is 0.227. The molecule has 0 amide bonds. The highest BCUT2D eigenvalue weighted by molar-refractivity contribution is 6.29. The first-order valence-corrected chi connectivity index (χ1v) is 3.50. The monoisotopic (exact) mass is 187 g/mol. The number of anilines is 1. The Morgan fingerprint density at radius 2 is 2.42 bits per heavy atom. The lowest BCUT2D eigenvalue weighted by atomic mass is 10.3. The lowest BCUT2D eigenvalue weighted by molar-refractivity contribution is -0.445. The molecule has 0 radical (unpaired) electrons. The zero-order chi connectivity index (χ0) is 9.14. The first-order chi connectivity index (χ1) is 5.59. The van der Waals surface area contributed by atoms with Crippen molar-refractivity contribution in [3.05, 3.63) is 33.1 Å². The molecule has 0 bridgehead atoms. The zero-order valence-electron chi connectivity index (χ0n) is 6.24. The van der Waals surface area contributed by atoms with Gasteiger partial charge in [0.2, 0.25) is 0 Å². The molecule has 6 heteroatoms. The van der Waals surface area contributed by atoms with E-state index in [4.69, 9.17) is 11.6 Å². The van der Waals surface area contributed by atoms with Gasteiger partial charge in [-0.2, -0.15) is 0 Å². The molecule has 0 spiro atoms. The molecule has 64 valence electrons. The van der Waals surface area contributed by atoms with Crippen LogP contribution >= 0.6 is 11.6 Å². The first-order valence-electron chi connectivity index (χ1n) is 3.13. The maximum absolute atomic E-state index is 10.1. The fraction of sp³-hybridized carbons (Fsp3) is 0.167. The Balaban J connectivity index is 2.97. The average molecular weight is 188 g/mol. The molecule has 0 saturated carbocycles. The van der Waals surface area contributed by atoms with Gasteiger partial charge in [0.05, 0.1) is 0 Å². The van der Waals surface area contributed by atoms with Crippen molar-refractivity contribution in [2.75, 3.05) is 5.43 Å².